The summed E-state index contributed by atoms with van der Waals surface area (Å²) in [4.78, 5) is 51.6. The zero-order valence-corrected chi connectivity index (χ0v) is 21.5. The summed E-state index contributed by atoms with van der Waals surface area (Å²) in [6.45, 7) is 3.35. The van der Waals surface area contributed by atoms with Gasteiger partial charge in [0.15, 0.2) is 0 Å². The first-order valence-electron chi connectivity index (χ1n) is 12.1. The SMILES string of the molecule is CCOC(=O)c1c(NC(=O)C(OC(=O)c2ccc(NC(C)=O)cc2)c2ccccc2)sc2c1CCCC2. The Morgan fingerprint density at radius 3 is 2.30 bits per heavy atom. The highest BCUT2D eigenvalue weighted by Gasteiger charge is 2.31. The van der Waals surface area contributed by atoms with E-state index < -0.39 is 23.9 Å². The highest BCUT2D eigenvalue weighted by Crippen LogP contribution is 2.39. The Bertz CT molecular complexity index is 1300. The van der Waals surface area contributed by atoms with E-state index in [-0.39, 0.29) is 18.1 Å². The molecule has 8 nitrogen and oxygen atoms in total. The van der Waals surface area contributed by atoms with Crippen LogP contribution in [0.25, 0.3) is 0 Å². The molecule has 0 saturated carbocycles. The molecule has 2 aromatic carbocycles. The van der Waals surface area contributed by atoms with Crippen LogP contribution in [0.4, 0.5) is 10.7 Å². The van der Waals surface area contributed by atoms with Crippen molar-refractivity contribution in [3.63, 3.8) is 0 Å². The molecule has 4 rings (SSSR count). The number of nitrogens with one attached hydrogen (secondary N) is 2. The Morgan fingerprint density at radius 2 is 1.62 bits per heavy atom. The highest BCUT2D eigenvalue weighted by molar-refractivity contribution is 7.17. The summed E-state index contributed by atoms with van der Waals surface area (Å²) in [5.41, 5.74) is 2.57. The van der Waals surface area contributed by atoms with Gasteiger partial charge in [-0.1, -0.05) is 30.3 Å². The van der Waals surface area contributed by atoms with Crippen LogP contribution in [0.2, 0.25) is 0 Å². The molecule has 192 valence electrons. The van der Waals surface area contributed by atoms with Crippen molar-refractivity contribution in [2.45, 2.75) is 45.6 Å². The first kappa shape index (κ1) is 26.1. The molecule has 0 spiro atoms. The topological polar surface area (TPSA) is 111 Å². The molecule has 0 bridgehead atoms. The molecule has 9 heteroatoms. The van der Waals surface area contributed by atoms with Crippen LogP contribution in [0.3, 0.4) is 0 Å². The van der Waals surface area contributed by atoms with E-state index in [2.05, 4.69) is 10.6 Å². The molecule has 0 fully saturated rings. The number of carbonyl (C=O) groups excluding carboxylic acids is 4. The zero-order chi connectivity index (χ0) is 26.4. The van der Waals surface area contributed by atoms with Gasteiger partial charge in [-0.15, -0.1) is 11.3 Å². The van der Waals surface area contributed by atoms with Gasteiger partial charge >= 0.3 is 11.9 Å². The van der Waals surface area contributed by atoms with Gasteiger partial charge in [-0.3, -0.25) is 9.59 Å². The molecule has 1 unspecified atom stereocenters. The lowest BCUT2D eigenvalue weighted by Crippen LogP contribution is -2.26. The zero-order valence-electron chi connectivity index (χ0n) is 20.7. The van der Waals surface area contributed by atoms with Crippen molar-refractivity contribution in [2.24, 2.45) is 0 Å². The highest BCUT2D eigenvalue weighted by atomic mass is 32.1. The fraction of sp³-hybridized carbons (Fsp3) is 0.286. The van der Waals surface area contributed by atoms with Gasteiger partial charge in [0.05, 0.1) is 17.7 Å². The average Bonchev–Trinajstić information content (AvgIpc) is 3.25. The normalized spacial score (nSPS) is 13.1. The Labute approximate surface area is 219 Å². The van der Waals surface area contributed by atoms with Crippen molar-refractivity contribution in [3.8, 4) is 0 Å². The van der Waals surface area contributed by atoms with E-state index in [0.29, 0.717) is 21.8 Å². The van der Waals surface area contributed by atoms with Crippen LogP contribution >= 0.6 is 11.3 Å². The molecule has 1 atom stereocenters. The molecule has 1 heterocycles. The van der Waals surface area contributed by atoms with Crippen molar-refractivity contribution in [3.05, 3.63) is 81.7 Å². The van der Waals surface area contributed by atoms with E-state index in [0.717, 1.165) is 36.1 Å². The van der Waals surface area contributed by atoms with Crippen LogP contribution in [0.15, 0.2) is 54.6 Å². The Kier molecular flexibility index (Phi) is 8.35. The number of hydrogen-bond donors (Lipinski definition) is 2. The van der Waals surface area contributed by atoms with E-state index in [1.807, 2.05) is 0 Å². The van der Waals surface area contributed by atoms with Gasteiger partial charge in [-0.05, 0) is 62.4 Å². The van der Waals surface area contributed by atoms with Gasteiger partial charge in [0.1, 0.15) is 5.00 Å². The van der Waals surface area contributed by atoms with Crippen LogP contribution in [0.1, 0.15) is 69.5 Å². The number of ether oxygens (including phenoxy) is 2. The molecule has 3 aromatic rings. The molecular formula is C28H28N2O6S. The summed E-state index contributed by atoms with van der Waals surface area (Å²) in [6, 6.07) is 14.9. The number of aryl methyl sites for hydroxylation is 1. The molecule has 0 aliphatic heterocycles. The van der Waals surface area contributed by atoms with Crippen molar-refractivity contribution >= 4 is 45.8 Å². The Morgan fingerprint density at radius 1 is 0.919 bits per heavy atom. The average molecular weight is 521 g/mol. The van der Waals surface area contributed by atoms with Crippen LogP contribution in [-0.2, 0) is 31.9 Å². The van der Waals surface area contributed by atoms with Gasteiger partial charge in [0.25, 0.3) is 5.91 Å². The third-order valence-electron chi connectivity index (χ3n) is 5.89. The van der Waals surface area contributed by atoms with Gasteiger partial charge < -0.3 is 20.1 Å². The number of fused-ring (bicyclic) bond motifs is 1. The number of carbonyl (C=O) groups is 4. The summed E-state index contributed by atoms with van der Waals surface area (Å²) in [5, 5.41) is 5.89. The van der Waals surface area contributed by atoms with E-state index in [9.17, 15) is 19.2 Å². The Balaban J connectivity index is 1.60. The number of rotatable bonds is 8. The van der Waals surface area contributed by atoms with Crippen LogP contribution < -0.4 is 10.6 Å². The number of benzene rings is 2. The summed E-state index contributed by atoms with van der Waals surface area (Å²) >= 11 is 1.37. The molecule has 1 aromatic heterocycles. The van der Waals surface area contributed by atoms with Gasteiger partial charge in [0, 0.05) is 23.1 Å². The monoisotopic (exact) mass is 520 g/mol. The lowest BCUT2D eigenvalue weighted by Gasteiger charge is -2.18. The van der Waals surface area contributed by atoms with Gasteiger partial charge in [-0.2, -0.15) is 0 Å². The molecule has 2 amide bonds. The number of amides is 2. The molecule has 0 saturated heterocycles. The van der Waals surface area contributed by atoms with E-state index >= 15 is 0 Å². The minimum absolute atomic E-state index is 0.224. The first-order valence-corrected chi connectivity index (χ1v) is 12.9. The minimum atomic E-state index is -1.25. The third kappa shape index (κ3) is 6.24. The van der Waals surface area contributed by atoms with Crippen LogP contribution in [0, 0.1) is 0 Å². The number of anilines is 2. The van der Waals surface area contributed by atoms with Crippen LogP contribution in [-0.4, -0.2) is 30.4 Å². The fourth-order valence-corrected chi connectivity index (χ4v) is 5.50. The second-order valence-corrected chi connectivity index (χ2v) is 9.68. The molecule has 0 radical (unpaired) electrons. The van der Waals surface area contributed by atoms with Crippen molar-refractivity contribution in [1.82, 2.24) is 0 Å². The lowest BCUT2D eigenvalue weighted by molar-refractivity contribution is -0.125. The molecule has 1 aliphatic carbocycles. The van der Waals surface area contributed by atoms with Crippen molar-refractivity contribution < 1.29 is 28.7 Å². The summed E-state index contributed by atoms with van der Waals surface area (Å²) in [6.07, 6.45) is 2.33. The maximum atomic E-state index is 13.5. The summed E-state index contributed by atoms with van der Waals surface area (Å²) in [5.74, 6) is -1.97. The standard InChI is InChI=1S/C28H28N2O6S/c1-3-35-28(34)23-21-11-7-8-12-22(21)37-26(23)30-25(32)24(18-9-5-4-6-10-18)36-27(33)19-13-15-20(16-14-19)29-17(2)31/h4-6,9-10,13-16,24H,3,7-8,11-12H2,1-2H3,(H,29,31)(H,30,32). The second kappa shape index (κ2) is 11.8. The van der Waals surface area contributed by atoms with Gasteiger partial charge in [-0.25, -0.2) is 9.59 Å². The lowest BCUT2D eigenvalue weighted by atomic mass is 9.95. The first-order chi connectivity index (χ1) is 17.9. The quantitative estimate of drug-likeness (QED) is 0.390. The second-order valence-electron chi connectivity index (χ2n) is 8.58. The largest absolute Gasteiger partial charge is 0.462 e. The maximum Gasteiger partial charge on any atom is 0.341 e. The summed E-state index contributed by atoms with van der Waals surface area (Å²) < 4.78 is 11.0. The van der Waals surface area contributed by atoms with E-state index in [4.69, 9.17) is 9.47 Å². The van der Waals surface area contributed by atoms with Crippen molar-refractivity contribution in [1.29, 1.82) is 0 Å². The number of thiophene rings is 1. The van der Waals surface area contributed by atoms with Crippen LogP contribution in [0.5, 0.6) is 0 Å². The maximum absolute atomic E-state index is 13.5. The van der Waals surface area contributed by atoms with Crippen molar-refractivity contribution in [2.75, 3.05) is 17.2 Å². The third-order valence-corrected chi connectivity index (χ3v) is 7.10. The predicted molar refractivity (Wildman–Crippen MR) is 141 cm³/mol. The molecule has 1 aliphatic rings. The number of esters is 2. The predicted octanol–water partition coefficient (Wildman–Crippen LogP) is 5.30. The Hall–Kier alpha value is -3.98. The fourth-order valence-electron chi connectivity index (χ4n) is 4.22. The summed E-state index contributed by atoms with van der Waals surface area (Å²) in [7, 11) is 0. The van der Waals surface area contributed by atoms with Gasteiger partial charge in [0.2, 0.25) is 12.0 Å². The molecular weight excluding hydrogens is 492 g/mol. The molecule has 2 N–H and O–H groups in total. The number of hydrogen-bond acceptors (Lipinski definition) is 7. The van der Waals surface area contributed by atoms with E-state index in [1.165, 1.54) is 30.4 Å². The smallest absolute Gasteiger partial charge is 0.341 e. The van der Waals surface area contributed by atoms with E-state index in [1.54, 1.807) is 49.4 Å². The minimum Gasteiger partial charge on any atom is -0.462 e. The molecule has 37 heavy (non-hydrogen) atoms.